The maximum absolute atomic E-state index is 12.7. The van der Waals surface area contributed by atoms with Crippen LogP contribution in [0.4, 0.5) is 0 Å². The number of carbonyl (C=O) groups excluding carboxylic acids is 1. The highest BCUT2D eigenvalue weighted by Crippen LogP contribution is 2.25. The minimum atomic E-state index is 0.00328. The van der Waals surface area contributed by atoms with E-state index in [0.717, 1.165) is 39.3 Å². The summed E-state index contributed by atoms with van der Waals surface area (Å²) < 4.78 is 5.29. The van der Waals surface area contributed by atoms with Gasteiger partial charge in [-0.2, -0.15) is 0 Å². The third-order valence-electron chi connectivity index (χ3n) is 4.54. The molecule has 1 unspecified atom stereocenters. The van der Waals surface area contributed by atoms with E-state index in [0.29, 0.717) is 22.4 Å². The molecule has 2 fully saturated rings. The normalized spacial score (nSPS) is 22.8. The highest BCUT2D eigenvalue weighted by atomic mass is 35.5. The van der Waals surface area contributed by atoms with Gasteiger partial charge in [-0.15, -0.1) is 0 Å². The van der Waals surface area contributed by atoms with Crippen LogP contribution >= 0.6 is 11.6 Å². The second-order valence-corrected chi connectivity index (χ2v) is 6.26. The van der Waals surface area contributed by atoms with Gasteiger partial charge in [0.05, 0.1) is 12.7 Å². The first-order chi connectivity index (χ1) is 10.7. The van der Waals surface area contributed by atoms with Gasteiger partial charge >= 0.3 is 0 Å². The number of piperazine rings is 1. The lowest BCUT2D eigenvalue weighted by atomic mass is 10.1. The number of carbonyl (C=O) groups is 1. The fraction of sp³-hybridized carbons (Fsp3) is 0.562. The molecule has 0 aliphatic carbocycles. The van der Waals surface area contributed by atoms with Crippen LogP contribution in [0.25, 0.3) is 0 Å². The van der Waals surface area contributed by atoms with E-state index in [1.807, 2.05) is 4.90 Å². The van der Waals surface area contributed by atoms with Crippen molar-refractivity contribution in [2.45, 2.75) is 12.5 Å². The molecule has 2 aliphatic rings. The molecule has 2 saturated heterocycles. The first-order valence-electron chi connectivity index (χ1n) is 7.76. The lowest BCUT2D eigenvalue weighted by molar-refractivity contribution is 0.0581. The predicted molar refractivity (Wildman–Crippen MR) is 86.8 cm³/mol. The third kappa shape index (κ3) is 3.21. The fourth-order valence-corrected chi connectivity index (χ4v) is 3.43. The molecule has 1 N–H and O–H groups in total. The summed E-state index contributed by atoms with van der Waals surface area (Å²) in [5.74, 6) is 0.584. The van der Waals surface area contributed by atoms with Crippen molar-refractivity contribution in [1.29, 1.82) is 0 Å². The highest BCUT2D eigenvalue weighted by Gasteiger charge is 2.29. The van der Waals surface area contributed by atoms with Crippen LogP contribution in [-0.4, -0.2) is 68.1 Å². The van der Waals surface area contributed by atoms with E-state index in [9.17, 15) is 4.79 Å². The van der Waals surface area contributed by atoms with Crippen molar-refractivity contribution in [2.75, 3.05) is 46.4 Å². The number of amides is 1. The van der Waals surface area contributed by atoms with Crippen molar-refractivity contribution >= 4 is 17.5 Å². The molecule has 1 amide bonds. The number of methoxy groups -OCH3 is 1. The third-order valence-corrected chi connectivity index (χ3v) is 4.78. The number of rotatable bonds is 3. The molecule has 0 saturated carbocycles. The van der Waals surface area contributed by atoms with Crippen LogP contribution in [0.2, 0.25) is 5.02 Å². The Morgan fingerprint density at radius 2 is 2.09 bits per heavy atom. The predicted octanol–water partition coefficient (Wildman–Crippen LogP) is 1.47. The summed E-state index contributed by atoms with van der Waals surface area (Å²) in [6.45, 7) is 5.54. The van der Waals surface area contributed by atoms with Crippen LogP contribution in [0.15, 0.2) is 18.2 Å². The molecule has 0 aromatic heterocycles. The minimum absolute atomic E-state index is 0.00328. The van der Waals surface area contributed by atoms with Gasteiger partial charge in [-0.1, -0.05) is 11.6 Å². The molecule has 1 atom stereocenters. The molecule has 1 aromatic carbocycles. The summed E-state index contributed by atoms with van der Waals surface area (Å²) in [6.07, 6.45) is 1.20. The summed E-state index contributed by atoms with van der Waals surface area (Å²) in [5, 5.41) is 3.95. The highest BCUT2D eigenvalue weighted by molar-refractivity contribution is 6.31. The van der Waals surface area contributed by atoms with Gasteiger partial charge in [-0.25, -0.2) is 0 Å². The molecule has 3 rings (SSSR count). The maximum Gasteiger partial charge on any atom is 0.257 e. The molecular formula is C16H22ClN3O2. The van der Waals surface area contributed by atoms with Crippen LogP contribution in [0.1, 0.15) is 16.8 Å². The van der Waals surface area contributed by atoms with Crippen molar-refractivity contribution in [3.63, 3.8) is 0 Å². The van der Waals surface area contributed by atoms with Crippen LogP contribution < -0.4 is 10.1 Å². The smallest absolute Gasteiger partial charge is 0.257 e. The Bertz CT molecular complexity index is 538. The zero-order valence-corrected chi connectivity index (χ0v) is 13.6. The summed E-state index contributed by atoms with van der Waals surface area (Å²) in [4.78, 5) is 17.1. The molecule has 5 nitrogen and oxygen atoms in total. The average molecular weight is 324 g/mol. The van der Waals surface area contributed by atoms with Gasteiger partial charge in [0.25, 0.3) is 5.91 Å². The lowest BCUT2D eigenvalue weighted by Crippen LogP contribution is -2.52. The number of hydrogen-bond acceptors (Lipinski definition) is 4. The topological polar surface area (TPSA) is 44.8 Å². The Labute approximate surface area is 136 Å². The zero-order valence-electron chi connectivity index (χ0n) is 12.8. The molecule has 2 heterocycles. The molecule has 120 valence electrons. The number of ether oxygens (including phenoxy) is 1. The monoisotopic (exact) mass is 323 g/mol. The van der Waals surface area contributed by atoms with E-state index in [4.69, 9.17) is 16.3 Å². The van der Waals surface area contributed by atoms with E-state index in [1.54, 1.807) is 25.3 Å². The molecule has 0 radical (unpaired) electrons. The Morgan fingerprint density at radius 3 is 2.73 bits per heavy atom. The van der Waals surface area contributed by atoms with Crippen molar-refractivity contribution < 1.29 is 9.53 Å². The molecule has 0 spiro atoms. The van der Waals surface area contributed by atoms with Crippen LogP contribution in [0.3, 0.4) is 0 Å². The zero-order chi connectivity index (χ0) is 15.5. The summed E-state index contributed by atoms with van der Waals surface area (Å²) in [5.41, 5.74) is 0.547. The van der Waals surface area contributed by atoms with Crippen LogP contribution in [0.5, 0.6) is 5.75 Å². The van der Waals surface area contributed by atoms with Gasteiger partial charge < -0.3 is 15.0 Å². The molecular weight excluding hydrogens is 302 g/mol. The Balaban J connectivity index is 1.65. The Kier molecular flexibility index (Phi) is 4.86. The van der Waals surface area contributed by atoms with E-state index < -0.39 is 0 Å². The van der Waals surface area contributed by atoms with E-state index in [1.165, 1.54) is 6.42 Å². The fourth-order valence-electron chi connectivity index (χ4n) is 3.26. The van der Waals surface area contributed by atoms with Crippen molar-refractivity contribution in [2.24, 2.45) is 0 Å². The van der Waals surface area contributed by atoms with Crippen LogP contribution in [-0.2, 0) is 0 Å². The SMILES string of the molecule is COc1ccc(Cl)cc1C(=O)N1CCN(C2CCNC2)CC1. The van der Waals surface area contributed by atoms with Gasteiger partial charge in [-0.05, 0) is 31.2 Å². The molecule has 2 aliphatic heterocycles. The van der Waals surface area contributed by atoms with E-state index in [-0.39, 0.29) is 5.91 Å². The standard InChI is InChI=1S/C16H22ClN3O2/c1-22-15-3-2-12(17)10-14(15)16(21)20-8-6-19(7-9-20)13-4-5-18-11-13/h2-3,10,13,18H,4-9,11H2,1H3. The maximum atomic E-state index is 12.7. The minimum Gasteiger partial charge on any atom is -0.496 e. The Morgan fingerprint density at radius 1 is 1.32 bits per heavy atom. The van der Waals surface area contributed by atoms with Crippen molar-refractivity contribution in [3.8, 4) is 5.75 Å². The second-order valence-electron chi connectivity index (χ2n) is 5.82. The number of nitrogens with one attached hydrogen (secondary N) is 1. The lowest BCUT2D eigenvalue weighted by Gasteiger charge is -2.38. The van der Waals surface area contributed by atoms with Gasteiger partial charge in [0.2, 0.25) is 0 Å². The number of benzene rings is 1. The molecule has 1 aromatic rings. The summed E-state index contributed by atoms with van der Waals surface area (Å²) in [6, 6.07) is 5.80. The largest absolute Gasteiger partial charge is 0.496 e. The first-order valence-corrected chi connectivity index (χ1v) is 8.14. The average Bonchev–Trinajstić information content (AvgIpc) is 3.09. The van der Waals surface area contributed by atoms with Crippen molar-refractivity contribution in [1.82, 2.24) is 15.1 Å². The van der Waals surface area contributed by atoms with Gasteiger partial charge in [0.1, 0.15) is 5.75 Å². The van der Waals surface area contributed by atoms with Gasteiger partial charge in [0.15, 0.2) is 0 Å². The number of nitrogens with zero attached hydrogens (tertiary/aromatic N) is 2. The van der Waals surface area contributed by atoms with Gasteiger partial charge in [0, 0.05) is 43.8 Å². The van der Waals surface area contributed by atoms with E-state index in [2.05, 4.69) is 10.2 Å². The second kappa shape index (κ2) is 6.86. The van der Waals surface area contributed by atoms with Crippen LogP contribution in [0, 0.1) is 0 Å². The Hall–Kier alpha value is -1.30. The summed E-state index contributed by atoms with van der Waals surface area (Å²) in [7, 11) is 1.57. The number of halogens is 1. The molecule has 6 heteroatoms. The quantitative estimate of drug-likeness (QED) is 0.915. The first kappa shape index (κ1) is 15.6. The molecule has 22 heavy (non-hydrogen) atoms. The number of hydrogen-bond donors (Lipinski definition) is 1. The molecule has 0 bridgehead atoms. The summed E-state index contributed by atoms with van der Waals surface area (Å²) >= 11 is 6.02. The van der Waals surface area contributed by atoms with Gasteiger partial charge in [-0.3, -0.25) is 9.69 Å². The van der Waals surface area contributed by atoms with Crippen molar-refractivity contribution in [3.05, 3.63) is 28.8 Å². The van der Waals surface area contributed by atoms with E-state index >= 15 is 0 Å².